The molecule has 0 spiro atoms. The van der Waals surface area contributed by atoms with Gasteiger partial charge in [0.05, 0.1) is 17.6 Å². The van der Waals surface area contributed by atoms with Gasteiger partial charge in [-0.05, 0) is 26.0 Å². The van der Waals surface area contributed by atoms with Crippen LogP contribution in [0.3, 0.4) is 0 Å². The maximum absolute atomic E-state index is 13.2. The highest BCUT2D eigenvalue weighted by Crippen LogP contribution is 2.23. The van der Waals surface area contributed by atoms with Gasteiger partial charge in [-0.15, -0.1) is 11.6 Å². The predicted molar refractivity (Wildman–Crippen MR) is 71.9 cm³/mol. The Bertz CT molecular complexity index is 502. The summed E-state index contributed by atoms with van der Waals surface area (Å²) in [4.78, 5) is 13.9. The Labute approximate surface area is 121 Å². The fourth-order valence-electron chi connectivity index (χ4n) is 2.39. The van der Waals surface area contributed by atoms with Crippen molar-refractivity contribution in [2.45, 2.75) is 25.6 Å². The monoisotopic (exact) mass is 303 g/mol. The van der Waals surface area contributed by atoms with Crippen molar-refractivity contribution in [1.29, 1.82) is 0 Å². The highest BCUT2D eigenvalue weighted by Gasteiger charge is 2.35. The number of benzene rings is 1. The van der Waals surface area contributed by atoms with Crippen molar-refractivity contribution in [2.75, 3.05) is 19.0 Å². The summed E-state index contributed by atoms with van der Waals surface area (Å²) in [5.41, 5.74) is -0.548. The van der Waals surface area contributed by atoms with E-state index in [0.717, 1.165) is 18.2 Å². The topological polar surface area (TPSA) is 29.5 Å². The van der Waals surface area contributed by atoms with Gasteiger partial charge in [-0.3, -0.25) is 4.79 Å². The smallest absolute Gasteiger partial charge is 0.254 e. The molecule has 0 N–H and O–H groups in total. The highest BCUT2D eigenvalue weighted by atomic mass is 35.5. The van der Waals surface area contributed by atoms with E-state index in [1.165, 1.54) is 4.90 Å². The van der Waals surface area contributed by atoms with Crippen molar-refractivity contribution in [3.63, 3.8) is 0 Å². The minimum Gasteiger partial charge on any atom is -0.367 e. The summed E-state index contributed by atoms with van der Waals surface area (Å²) in [7, 11) is 0. The van der Waals surface area contributed by atoms with Crippen molar-refractivity contribution >= 4 is 17.5 Å². The number of amides is 1. The number of nitrogens with zero attached hydrogens (tertiary/aromatic N) is 1. The zero-order chi connectivity index (χ0) is 14.9. The number of alkyl halides is 1. The van der Waals surface area contributed by atoms with Gasteiger partial charge >= 0.3 is 0 Å². The van der Waals surface area contributed by atoms with E-state index in [9.17, 15) is 13.6 Å². The van der Waals surface area contributed by atoms with Gasteiger partial charge in [0.25, 0.3) is 5.91 Å². The van der Waals surface area contributed by atoms with Gasteiger partial charge in [0.2, 0.25) is 0 Å². The van der Waals surface area contributed by atoms with Gasteiger partial charge in [-0.2, -0.15) is 0 Å². The first-order valence-electron chi connectivity index (χ1n) is 6.30. The summed E-state index contributed by atoms with van der Waals surface area (Å²) in [5.74, 6) is -1.70. The summed E-state index contributed by atoms with van der Waals surface area (Å²) in [6.07, 6.45) is -0.289. The van der Waals surface area contributed by atoms with Crippen LogP contribution in [0.2, 0.25) is 0 Å². The Morgan fingerprint density at radius 1 is 1.40 bits per heavy atom. The van der Waals surface area contributed by atoms with E-state index >= 15 is 0 Å². The number of morpholine rings is 1. The zero-order valence-corrected chi connectivity index (χ0v) is 12.1. The van der Waals surface area contributed by atoms with Crippen molar-refractivity contribution in [3.05, 3.63) is 35.4 Å². The molecule has 1 aromatic carbocycles. The number of carbonyl (C=O) groups is 1. The Balaban J connectivity index is 2.23. The van der Waals surface area contributed by atoms with E-state index < -0.39 is 23.1 Å². The third kappa shape index (κ3) is 3.46. The van der Waals surface area contributed by atoms with Crippen molar-refractivity contribution in [1.82, 2.24) is 4.90 Å². The maximum Gasteiger partial charge on any atom is 0.254 e. The van der Waals surface area contributed by atoms with Crippen LogP contribution in [0.1, 0.15) is 24.2 Å². The Morgan fingerprint density at radius 2 is 2.00 bits per heavy atom. The summed E-state index contributed by atoms with van der Waals surface area (Å²) < 4.78 is 32.1. The molecule has 1 amide bonds. The molecule has 1 heterocycles. The molecular weight excluding hydrogens is 288 g/mol. The summed E-state index contributed by atoms with van der Waals surface area (Å²) >= 11 is 5.79. The Hall–Kier alpha value is -1.20. The molecule has 0 aliphatic carbocycles. The Morgan fingerprint density at radius 3 is 2.55 bits per heavy atom. The van der Waals surface area contributed by atoms with Crippen LogP contribution in [-0.2, 0) is 4.74 Å². The molecule has 3 nitrogen and oxygen atoms in total. The summed E-state index contributed by atoms with van der Waals surface area (Å²) in [6, 6.07) is 2.80. The lowest BCUT2D eigenvalue weighted by atomic mass is 10.0. The molecule has 2 rings (SSSR count). The molecule has 1 saturated heterocycles. The SMILES string of the molecule is CC1(C)CN(C(=O)c2cc(F)cc(F)c2)CC(CCl)O1. The van der Waals surface area contributed by atoms with Crippen LogP contribution in [0.5, 0.6) is 0 Å². The number of halogens is 3. The van der Waals surface area contributed by atoms with Crippen LogP contribution in [0.25, 0.3) is 0 Å². The molecule has 1 aliphatic rings. The third-order valence-corrected chi connectivity index (χ3v) is 3.39. The zero-order valence-electron chi connectivity index (χ0n) is 11.3. The van der Waals surface area contributed by atoms with E-state index in [1.54, 1.807) is 0 Å². The van der Waals surface area contributed by atoms with E-state index in [1.807, 2.05) is 13.8 Å². The second kappa shape index (κ2) is 5.66. The molecule has 0 bridgehead atoms. The van der Waals surface area contributed by atoms with Crippen LogP contribution in [0.4, 0.5) is 8.78 Å². The lowest BCUT2D eigenvalue weighted by Crippen LogP contribution is -2.55. The maximum atomic E-state index is 13.2. The molecular formula is C14H16ClF2NO2. The van der Waals surface area contributed by atoms with E-state index in [0.29, 0.717) is 13.1 Å². The van der Waals surface area contributed by atoms with Crippen molar-refractivity contribution < 1.29 is 18.3 Å². The van der Waals surface area contributed by atoms with Gasteiger partial charge in [-0.25, -0.2) is 8.78 Å². The highest BCUT2D eigenvalue weighted by molar-refractivity contribution is 6.18. The predicted octanol–water partition coefficient (Wildman–Crippen LogP) is 2.82. The fraction of sp³-hybridized carbons (Fsp3) is 0.500. The Kier molecular flexibility index (Phi) is 4.30. The van der Waals surface area contributed by atoms with Crippen LogP contribution in [-0.4, -0.2) is 41.5 Å². The number of rotatable bonds is 2. The van der Waals surface area contributed by atoms with Gasteiger partial charge in [-0.1, -0.05) is 0 Å². The fourth-order valence-corrected chi connectivity index (χ4v) is 2.55. The average Bonchev–Trinajstić information content (AvgIpc) is 2.34. The quantitative estimate of drug-likeness (QED) is 0.786. The van der Waals surface area contributed by atoms with Crippen molar-refractivity contribution in [3.8, 4) is 0 Å². The standard InChI is InChI=1S/C14H16ClF2NO2/c1-14(2)8-18(7-12(6-15)20-14)13(19)9-3-10(16)5-11(17)4-9/h3-5,12H,6-8H2,1-2H3. The van der Waals surface area contributed by atoms with Gasteiger partial charge in [0.15, 0.2) is 0 Å². The normalized spacial score (nSPS) is 21.9. The van der Waals surface area contributed by atoms with E-state index in [2.05, 4.69) is 0 Å². The lowest BCUT2D eigenvalue weighted by Gasteiger charge is -2.42. The molecule has 110 valence electrons. The minimum absolute atomic E-state index is 0.00600. The van der Waals surface area contributed by atoms with E-state index in [4.69, 9.17) is 16.3 Å². The van der Waals surface area contributed by atoms with Gasteiger partial charge < -0.3 is 9.64 Å². The lowest BCUT2D eigenvalue weighted by molar-refractivity contribution is -0.117. The molecule has 0 saturated carbocycles. The number of hydrogen-bond donors (Lipinski definition) is 0. The van der Waals surface area contributed by atoms with Crippen molar-refractivity contribution in [2.24, 2.45) is 0 Å². The number of hydrogen-bond acceptors (Lipinski definition) is 2. The average molecular weight is 304 g/mol. The molecule has 1 atom stereocenters. The molecule has 6 heteroatoms. The molecule has 1 unspecified atom stereocenters. The first-order chi connectivity index (χ1) is 9.30. The van der Waals surface area contributed by atoms with Crippen LogP contribution in [0.15, 0.2) is 18.2 Å². The van der Waals surface area contributed by atoms with Crippen LogP contribution < -0.4 is 0 Å². The molecule has 1 aliphatic heterocycles. The molecule has 1 aromatic rings. The molecule has 20 heavy (non-hydrogen) atoms. The largest absolute Gasteiger partial charge is 0.367 e. The van der Waals surface area contributed by atoms with Crippen LogP contribution >= 0.6 is 11.6 Å². The minimum atomic E-state index is -0.769. The first-order valence-corrected chi connectivity index (χ1v) is 6.83. The molecule has 0 radical (unpaired) electrons. The van der Waals surface area contributed by atoms with Gasteiger partial charge in [0.1, 0.15) is 11.6 Å². The first kappa shape index (κ1) is 15.2. The molecule has 0 aromatic heterocycles. The number of carbonyl (C=O) groups excluding carboxylic acids is 1. The van der Waals surface area contributed by atoms with Crippen LogP contribution in [0, 0.1) is 11.6 Å². The second-order valence-corrected chi connectivity index (χ2v) is 5.81. The van der Waals surface area contributed by atoms with Gasteiger partial charge in [0, 0.05) is 24.7 Å². The molecule has 1 fully saturated rings. The summed E-state index contributed by atoms with van der Waals surface area (Å²) in [5, 5.41) is 0. The van der Waals surface area contributed by atoms with E-state index in [-0.39, 0.29) is 17.5 Å². The third-order valence-electron chi connectivity index (χ3n) is 3.05. The second-order valence-electron chi connectivity index (χ2n) is 5.50. The summed E-state index contributed by atoms with van der Waals surface area (Å²) in [6.45, 7) is 4.34. The number of ether oxygens (including phenoxy) is 1.